The van der Waals surface area contributed by atoms with Crippen molar-refractivity contribution in [3.8, 4) is 0 Å². The fourth-order valence-electron chi connectivity index (χ4n) is 3.17. The third-order valence-electron chi connectivity index (χ3n) is 4.78. The minimum atomic E-state index is -4.24. The molecule has 0 fully saturated rings. The van der Waals surface area contributed by atoms with E-state index in [9.17, 15) is 14.3 Å². The van der Waals surface area contributed by atoms with Crippen LogP contribution in [0, 0.1) is 0 Å². The van der Waals surface area contributed by atoms with Gasteiger partial charge in [0.1, 0.15) is 0 Å². The summed E-state index contributed by atoms with van der Waals surface area (Å²) in [5.41, 5.74) is 0. The molecule has 0 aromatic heterocycles. The Morgan fingerprint density at radius 1 is 0.786 bits per heavy atom. The molecule has 0 spiro atoms. The maximum Gasteiger partial charge on any atom is 0.529 e. The van der Waals surface area contributed by atoms with Crippen molar-refractivity contribution in [3.05, 3.63) is 0 Å². The van der Waals surface area contributed by atoms with Gasteiger partial charge in [0.25, 0.3) is 0 Å². The molecular formula is C21H42BrO5P. The lowest BCUT2D eigenvalue weighted by Gasteiger charge is -2.10. The number of carbonyl (C=O) groups is 1. The SMILES string of the molecule is CCCCCCCCCCCCCCCCCCC(=O)OP(=O)(O)OCCBr. The van der Waals surface area contributed by atoms with E-state index < -0.39 is 13.8 Å². The first-order chi connectivity index (χ1) is 13.5. The van der Waals surface area contributed by atoms with Gasteiger partial charge in [0.2, 0.25) is 0 Å². The quantitative estimate of drug-likeness (QED) is 0.102. The highest BCUT2D eigenvalue weighted by atomic mass is 79.9. The van der Waals surface area contributed by atoms with E-state index in [1.54, 1.807) is 0 Å². The van der Waals surface area contributed by atoms with E-state index in [0.717, 1.165) is 12.8 Å². The minimum absolute atomic E-state index is 0.0279. The predicted octanol–water partition coefficient (Wildman–Crippen LogP) is 7.69. The number of hydrogen-bond acceptors (Lipinski definition) is 4. The lowest BCUT2D eigenvalue weighted by atomic mass is 10.0. The van der Waals surface area contributed by atoms with Crippen LogP contribution in [0.15, 0.2) is 0 Å². The Hall–Kier alpha value is 0.100. The molecule has 0 amide bonds. The van der Waals surface area contributed by atoms with Gasteiger partial charge in [-0.2, -0.15) is 0 Å². The lowest BCUT2D eigenvalue weighted by Crippen LogP contribution is -2.05. The van der Waals surface area contributed by atoms with E-state index >= 15 is 0 Å². The fourth-order valence-corrected chi connectivity index (χ4v) is 4.30. The molecule has 1 unspecified atom stereocenters. The summed E-state index contributed by atoms with van der Waals surface area (Å²) in [4.78, 5) is 20.8. The highest BCUT2D eigenvalue weighted by Gasteiger charge is 2.25. The Balaban J connectivity index is 3.29. The van der Waals surface area contributed by atoms with Gasteiger partial charge in [-0.3, -0.25) is 14.2 Å². The third-order valence-corrected chi connectivity index (χ3v) is 6.05. The zero-order valence-electron chi connectivity index (χ0n) is 17.8. The van der Waals surface area contributed by atoms with Gasteiger partial charge in [0.05, 0.1) is 6.61 Å². The van der Waals surface area contributed by atoms with Gasteiger partial charge in [-0.15, -0.1) is 0 Å². The molecule has 0 aromatic rings. The van der Waals surface area contributed by atoms with Crippen LogP contribution in [0.2, 0.25) is 0 Å². The molecule has 0 aliphatic carbocycles. The second-order valence-electron chi connectivity index (χ2n) is 7.51. The van der Waals surface area contributed by atoms with Gasteiger partial charge in [-0.25, -0.2) is 4.57 Å². The van der Waals surface area contributed by atoms with Gasteiger partial charge in [-0.1, -0.05) is 119 Å². The molecule has 0 rings (SSSR count). The van der Waals surface area contributed by atoms with E-state index in [1.165, 1.54) is 83.5 Å². The average molecular weight is 485 g/mol. The molecule has 28 heavy (non-hydrogen) atoms. The highest BCUT2D eigenvalue weighted by molar-refractivity contribution is 9.09. The van der Waals surface area contributed by atoms with Crippen molar-refractivity contribution in [2.24, 2.45) is 0 Å². The number of halogens is 1. The van der Waals surface area contributed by atoms with Gasteiger partial charge in [0.15, 0.2) is 0 Å². The fraction of sp³-hybridized carbons (Fsp3) is 0.952. The van der Waals surface area contributed by atoms with Gasteiger partial charge >= 0.3 is 13.8 Å². The Labute approximate surface area is 181 Å². The van der Waals surface area contributed by atoms with Gasteiger partial charge < -0.3 is 4.52 Å². The van der Waals surface area contributed by atoms with Crippen molar-refractivity contribution in [3.63, 3.8) is 0 Å². The number of phosphoric ester groups is 1. The predicted molar refractivity (Wildman–Crippen MR) is 120 cm³/mol. The highest BCUT2D eigenvalue weighted by Crippen LogP contribution is 2.43. The first kappa shape index (κ1) is 28.1. The van der Waals surface area contributed by atoms with E-state index in [-0.39, 0.29) is 13.0 Å². The number of rotatable bonds is 21. The van der Waals surface area contributed by atoms with Crippen LogP contribution in [0.5, 0.6) is 0 Å². The molecule has 0 saturated carbocycles. The topological polar surface area (TPSA) is 72.8 Å². The zero-order chi connectivity index (χ0) is 20.9. The Morgan fingerprint density at radius 3 is 1.57 bits per heavy atom. The summed E-state index contributed by atoms with van der Waals surface area (Å²) in [6.45, 7) is 2.29. The zero-order valence-corrected chi connectivity index (χ0v) is 20.3. The number of unbranched alkanes of at least 4 members (excludes halogenated alkanes) is 15. The minimum Gasteiger partial charge on any atom is -0.371 e. The molecule has 0 aliphatic rings. The monoisotopic (exact) mass is 484 g/mol. The third kappa shape index (κ3) is 20.8. The first-order valence-corrected chi connectivity index (χ1v) is 13.9. The van der Waals surface area contributed by atoms with Crippen molar-refractivity contribution in [2.75, 3.05) is 11.9 Å². The van der Waals surface area contributed by atoms with Crippen molar-refractivity contribution < 1.29 is 23.3 Å². The number of alkyl halides is 1. The van der Waals surface area contributed by atoms with Crippen molar-refractivity contribution in [2.45, 2.75) is 116 Å². The molecule has 0 saturated heterocycles. The van der Waals surface area contributed by atoms with Crippen LogP contribution in [-0.2, 0) is 18.4 Å². The molecule has 0 radical (unpaired) electrons. The second-order valence-corrected chi connectivity index (χ2v) is 9.68. The first-order valence-electron chi connectivity index (χ1n) is 11.3. The lowest BCUT2D eigenvalue weighted by molar-refractivity contribution is -0.136. The van der Waals surface area contributed by atoms with E-state index in [2.05, 4.69) is 31.9 Å². The molecular weight excluding hydrogens is 443 g/mol. The summed E-state index contributed by atoms with van der Waals surface area (Å²) in [6, 6.07) is 0. The largest absolute Gasteiger partial charge is 0.529 e. The summed E-state index contributed by atoms with van der Waals surface area (Å²) in [7, 11) is -4.24. The molecule has 168 valence electrons. The molecule has 5 nitrogen and oxygen atoms in total. The van der Waals surface area contributed by atoms with Crippen LogP contribution in [-0.4, -0.2) is 22.8 Å². The molecule has 0 aliphatic heterocycles. The maximum absolute atomic E-state index is 11.5. The number of hydrogen-bond donors (Lipinski definition) is 1. The summed E-state index contributed by atoms with van der Waals surface area (Å²) in [5.74, 6) is -0.661. The average Bonchev–Trinajstić information content (AvgIpc) is 2.65. The standard InChI is InChI=1S/C21H42BrO5P/c1-2-3-4-5-6-7-8-9-10-11-12-13-14-15-16-17-18-21(23)27-28(24,25)26-20-19-22/h2-20H2,1H3,(H,24,25). The Morgan fingerprint density at radius 2 is 1.18 bits per heavy atom. The second kappa shape index (κ2) is 20.4. The molecule has 0 heterocycles. The maximum atomic E-state index is 11.5. The van der Waals surface area contributed by atoms with Crippen LogP contribution in [0.25, 0.3) is 0 Å². The van der Waals surface area contributed by atoms with Gasteiger partial charge in [0, 0.05) is 11.8 Å². The summed E-state index contributed by atoms with van der Waals surface area (Å²) in [6.07, 6.45) is 20.5. The van der Waals surface area contributed by atoms with Crippen molar-refractivity contribution in [1.82, 2.24) is 0 Å². The molecule has 0 bridgehead atoms. The number of phosphoric acid groups is 1. The van der Waals surface area contributed by atoms with Crippen LogP contribution in [0.4, 0.5) is 0 Å². The molecule has 7 heteroatoms. The van der Waals surface area contributed by atoms with Crippen LogP contribution in [0.3, 0.4) is 0 Å². The summed E-state index contributed by atoms with van der Waals surface area (Å²) in [5, 5.41) is 0.411. The van der Waals surface area contributed by atoms with E-state index in [1.807, 2.05) is 0 Å². The Bertz CT molecular complexity index is 406. The summed E-state index contributed by atoms with van der Waals surface area (Å²) >= 11 is 3.08. The van der Waals surface area contributed by atoms with Crippen LogP contribution < -0.4 is 0 Å². The normalized spacial score (nSPS) is 13.4. The van der Waals surface area contributed by atoms with Crippen LogP contribution in [0.1, 0.15) is 116 Å². The molecule has 1 N–H and O–H groups in total. The van der Waals surface area contributed by atoms with Crippen LogP contribution >= 0.6 is 23.8 Å². The van der Waals surface area contributed by atoms with Gasteiger partial charge in [-0.05, 0) is 6.42 Å². The van der Waals surface area contributed by atoms with E-state index in [0.29, 0.717) is 11.8 Å². The smallest absolute Gasteiger partial charge is 0.371 e. The Kier molecular flexibility index (Phi) is 20.4. The summed E-state index contributed by atoms with van der Waals surface area (Å²) < 4.78 is 20.5. The molecule has 0 aromatic carbocycles. The number of carbonyl (C=O) groups excluding carboxylic acids is 1. The van der Waals surface area contributed by atoms with Crippen molar-refractivity contribution >= 4 is 29.7 Å². The molecule has 1 atom stereocenters. The van der Waals surface area contributed by atoms with E-state index in [4.69, 9.17) is 0 Å². The van der Waals surface area contributed by atoms with Crippen molar-refractivity contribution in [1.29, 1.82) is 0 Å².